The molecule has 1 saturated heterocycles. The van der Waals surface area contributed by atoms with Crippen molar-refractivity contribution in [1.29, 1.82) is 0 Å². The molecule has 0 aliphatic carbocycles. The van der Waals surface area contributed by atoms with E-state index in [0.29, 0.717) is 43.2 Å². The first-order valence-corrected chi connectivity index (χ1v) is 14.4. The molecule has 2 heterocycles. The van der Waals surface area contributed by atoms with Gasteiger partial charge >= 0.3 is 0 Å². The maximum absolute atomic E-state index is 12.9. The van der Waals surface area contributed by atoms with E-state index in [-0.39, 0.29) is 35.1 Å². The molecule has 0 saturated carbocycles. The summed E-state index contributed by atoms with van der Waals surface area (Å²) in [6, 6.07) is 7.44. The zero-order valence-corrected chi connectivity index (χ0v) is 22.0. The third-order valence-corrected chi connectivity index (χ3v) is 8.98. The molecule has 2 amide bonds. The predicted molar refractivity (Wildman–Crippen MR) is 141 cm³/mol. The Morgan fingerprint density at radius 3 is 2.57 bits per heavy atom. The second-order valence-electron chi connectivity index (χ2n) is 8.76. The summed E-state index contributed by atoms with van der Waals surface area (Å²) in [7, 11) is -1.28. The smallest absolute Gasteiger partial charge is 0.275 e. The lowest BCUT2D eigenvalue weighted by molar-refractivity contribution is -0.125. The first-order chi connectivity index (χ1) is 16.6. The van der Waals surface area contributed by atoms with Gasteiger partial charge in [0.15, 0.2) is 5.13 Å². The summed E-state index contributed by atoms with van der Waals surface area (Å²) < 4.78 is 23.4. The van der Waals surface area contributed by atoms with Gasteiger partial charge in [0.25, 0.3) is 5.91 Å². The van der Waals surface area contributed by atoms with Crippen molar-refractivity contribution in [2.45, 2.75) is 44.7 Å². The number of likely N-dealkylation sites (N-methyl/N-ethyl adjacent to an activating group) is 1. The van der Waals surface area contributed by atoms with Gasteiger partial charge in [-0.25, -0.2) is 13.4 Å². The van der Waals surface area contributed by atoms with E-state index in [0.717, 1.165) is 5.69 Å². The van der Waals surface area contributed by atoms with Crippen molar-refractivity contribution >= 4 is 49.5 Å². The van der Waals surface area contributed by atoms with Gasteiger partial charge in [-0.15, -0.1) is 11.3 Å². The van der Waals surface area contributed by atoms with Crippen molar-refractivity contribution in [2.75, 3.05) is 47.2 Å². The quantitative estimate of drug-likeness (QED) is 0.351. The molecule has 1 aliphatic heterocycles. The van der Waals surface area contributed by atoms with Crippen LogP contribution < -0.4 is 26.6 Å². The Hall–Kier alpha value is -2.70. The number of aromatic nitrogens is 1. The standard InChI is InChI=1S/C23H34N6O4S2/c1-4-35(32,33)14-9-16(2)26-22-28-18(15-34-22)20(30)27-17-7-5-6-8-19(17)29-12-10-23(25-3,11-13-29)21(24)31/h5-8,15-16,25H,4,9-14H2,1-3H3,(H2,24,31)(H,26,28)(H,27,30). The Balaban J connectivity index is 1.63. The van der Waals surface area contributed by atoms with Crippen LogP contribution in [0.4, 0.5) is 16.5 Å². The average molecular weight is 523 g/mol. The van der Waals surface area contributed by atoms with E-state index in [2.05, 4.69) is 25.8 Å². The number of primary amides is 1. The fraction of sp³-hybridized carbons (Fsp3) is 0.522. The minimum Gasteiger partial charge on any atom is -0.370 e. The van der Waals surface area contributed by atoms with Crippen LogP contribution in [0.5, 0.6) is 0 Å². The molecule has 5 N–H and O–H groups in total. The lowest BCUT2D eigenvalue weighted by Gasteiger charge is -2.41. The molecule has 1 atom stereocenters. The van der Waals surface area contributed by atoms with Crippen LogP contribution >= 0.6 is 11.3 Å². The number of carbonyl (C=O) groups excluding carboxylic acids is 2. The van der Waals surface area contributed by atoms with Gasteiger partial charge in [-0.1, -0.05) is 19.1 Å². The predicted octanol–water partition coefficient (Wildman–Crippen LogP) is 2.06. The number of nitrogens with zero attached hydrogens (tertiary/aromatic N) is 2. The lowest BCUT2D eigenvalue weighted by atomic mass is 9.86. The van der Waals surface area contributed by atoms with Crippen LogP contribution in [-0.2, 0) is 14.6 Å². The number of para-hydroxylation sites is 2. The van der Waals surface area contributed by atoms with Crippen LogP contribution in [0.15, 0.2) is 29.6 Å². The molecule has 0 radical (unpaired) electrons. The highest BCUT2D eigenvalue weighted by Gasteiger charge is 2.38. The van der Waals surface area contributed by atoms with Gasteiger partial charge in [0.05, 0.1) is 17.1 Å². The number of sulfone groups is 1. The van der Waals surface area contributed by atoms with E-state index < -0.39 is 15.4 Å². The lowest BCUT2D eigenvalue weighted by Crippen LogP contribution is -2.59. The van der Waals surface area contributed by atoms with Crippen molar-refractivity contribution in [1.82, 2.24) is 10.3 Å². The Morgan fingerprint density at radius 2 is 1.94 bits per heavy atom. The summed E-state index contributed by atoms with van der Waals surface area (Å²) in [4.78, 5) is 31.4. The third kappa shape index (κ3) is 6.71. The summed E-state index contributed by atoms with van der Waals surface area (Å²) >= 11 is 1.30. The number of nitrogens with two attached hydrogens (primary N) is 1. The normalized spacial score (nSPS) is 16.5. The number of benzene rings is 1. The number of piperidine rings is 1. The summed E-state index contributed by atoms with van der Waals surface area (Å²) in [6.07, 6.45) is 1.60. The van der Waals surface area contributed by atoms with Crippen LogP contribution in [0.1, 0.15) is 43.6 Å². The van der Waals surface area contributed by atoms with Gasteiger partial charge in [-0.2, -0.15) is 0 Å². The van der Waals surface area contributed by atoms with E-state index in [1.165, 1.54) is 11.3 Å². The molecule has 12 heteroatoms. The third-order valence-electron chi connectivity index (χ3n) is 6.47. The molecule has 2 aromatic rings. The summed E-state index contributed by atoms with van der Waals surface area (Å²) in [6.45, 7) is 4.77. The Labute approximate surface area is 210 Å². The number of hydrogen-bond acceptors (Lipinski definition) is 9. The minimum atomic E-state index is -3.03. The zero-order chi connectivity index (χ0) is 25.6. The number of thiazole rings is 1. The highest BCUT2D eigenvalue weighted by molar-refractivity contribution is 7.91. The van der Waals surface area contributed by atoms with Crippen LogP contribution in [0.2, 0.25) is 0 Å². The largest absolute Gasteiger partial charge is 0.370 e. The highest BCUT2D eigenvalue weighted by Crippen LogP contribution is 2.31. The molecule has 1 aromatic heterocycles. The topological polar surface area (TPSA) is 147 Å². The van der Waals surface area contributed by atoms with Gasteiger partial charge in [0.1, 0.15) is 21.1 Å². The molecule has 1 aromatic carbocycles. The van der Waals surface area contributed by atoms with Gasteiger partial charge in [0, 0.05) is 30.3 Å². The molecule has 0 bridgehead atoms. The molecule has 1 unspecified atom stereocenters. The van der Waals surface area contributed by atoms with Crippen LogP contribution in [0, 0.1) is 0 Å². The fourth-order valence-corrected chi connectivity index (χ4v) is 5.82. The minimum absolute atomic E-state index is 0.0941. The Kier molecular flexibility index (Phi) is 8.73. The molecule has 3 rings (SSSR count). The van der Waals surface area contributed by atoms with Crippen LogP contribution in [-0.4, -0.2) is 68.4 Å². The number of amides is 2. The molecule has 192 valence electrons. The second-order valence-corrected chi connectivity index (χ2v) is 12.1. The number of rotatable bonds is 11. The molecule has 1 aliphatic rings. The maximum Gasteiger partial charge on any atom is 0.275 e. The number of anilines is 3. The number of nitrogens with one attached hydrogen (secondary N) is 3. The van der Waals surface area contributed by atoms with Gasteiger partial charge in [-0.3, -0.25) is 9.59 Å². The monoisotopic (exact) mass is 522 g/mol. The summed E-state index contributed by atoms with van der Waals surface area (Å²) in [5.74, 6) is -0.447. The summed E-state index contributed by atoms with van der Waals surface area (Å²) in [5, 5.41) is 11.4. The van der Waals surface area contributed by atoms with Gasteiger partial charge < -0.3 is 26.6 Å². The van der Waals surface area contributed by atoms with Gasteiger partial charge in [0.2, 0.25) is 5.91 Å². The zero-order valence-electron chi connectivity index (χ0n) is 20.3. The highest BCUT2D eigenvalue weighted by atomic mass is 32.2. The van der Waals surface area contributed by atoms with E-state index in [1.54, 1.807) is 19.4 Å². The van der Waals surface area contributed by atoms with Crippen molar-refractivity contribution in [3.05, 3.63) is 35.3 Å². The Bertz CT molecular complexity index is 1140. The van der Waals surface area contributed by atoms with Crippen molar-refractivity contribution in [3.8, 4) is 0 Å². The van der Waals surface area contributed by atoms with E-state index in [1.807, 2.05) is 31.2 Å². The Morgan fingerprint density at radius 1 is 1.26 bits per heavy atom. The molecule has 0 spiro atoms. The maximum atomic E-state index is 12.9. The van der Waals surface area contributed by atoms with Crippen molar-refractivity contribution in [2.24, 2.45) is 5.73 Å². The fourth-order valence-electron chi connectivity index (χ4n) is 4.02. The first kappa shape index (κ1) is 26.9. The summed E-state index contributed by atoms with van der Waals surface area (Å²) in [5.41, 5.74) is 6.72. The number of hydrogen-bond donors (Lipinski definition) is 4. The molecular formula is C23H34N6O4S2. The van der Waals surface area contributed by atoms with Crippen molar-refractivity contribution < 1.29 is 18.0 Å². The molecular weight excluding hydrogens is 488 g/mol. The first-order valence-electron chi connectivity index (χ1n) is 11.7. The SMILES string of the molecule is CCS(=O)(=O)CCC(C)Nc1nc(C(=O)Nc2ccccc2N2CCC(NC)(C(N)=O)CC2)cs1. The molecule has 10 nitrogen and oxygen atoms in total. The van der Waals surface area contributed by atoms with E-state index >= 15 is 0 Å². The van der Waals surface area contributed by atoms with Crippen molar-refractivity contribution in [3.63, 3.8) is 0 Å². The molecule has 1 fully saturated rings. The molecule has 35 heavy (non-hydrogen) atoms. The van der Waals surface area contributed by atoms with Crippen LogP contribution in [0.25, 0.3) is 0 Å². The number of carbonyl (C=O) groups is 2. The van der Waals surface area contributed by atoms with E-state index in [4.69, 9.17) is 5.73 Å². The second kappa shape index (κ2) is 11.4. The van der Waals surface area contributed by atoms with Crippen LogP contribution in [0.3, 0.4) is 0 Å². The van der Waals surface area contributed by atoms with E-state index in [9.17, 15) is 18.0 Å². The average Bonchev–Trinajstić information content (AvgIpc) is 3.32. The van der Waals surface area contributed by atoms with Gasteiger partial charge in [-0.05, 0) is 45.4 Å².